The molecule has 0 spiro atoms. The van der Waals surface area contributed by atoms with E-state index in [9.17, 15) is 0 Å². The third-order valence-electron chi connectivity index (χ3n) is 3.07. The summed E-state index contributed by atoms with van der Waals surface area (Å²) in [5, 5.41) is 3.34. The number of nitrogens with two attached hydrogens (primary N) is 1. The van der Waals surface area contributed by atoms with E-state index >= 15 is 0 Å². The Morgan fingerprint density at radius 2 is 1.94 bits per heavy atom. The van der Waals surface area contributed by atoms with E-state index in [-0.39, 0.29) is 5.41 Å². The first-order chi connectivity index (χ1) is 8.61. The average Bonchev–Trinajstić information content (AvgIpc) is 2.77. The number of hydrogen-bond acceptors (Lipinski definition) is 3. The fraction of sp³-hybridized carbons (Fsp3) is 0.400. The third-order valence-corrected chi connectivity index (χ3v) is 3.92. The lowest BCUT2D eigenvalue weighted by Gasteiger charge is -2.22. The lowest BCUT2D eigenvalue weighted by molar-refractivity contribution is 0.338. The summed E-state index contributed by atoms with van der Waals surface area (Å²) < 4.78 is 0. The van der Waals surface area contributed by atoms with Gasteiger partial charge in [-0.15, -0.1) is 11.3 Å². The molecule has 1 aromatic carbocycles. The summed E-state index contributed by atoms with van der Waals surface area (Å²) in [5.41, 5.74) is 8.16. The standard InChI is InChI=1S/C15H20N2S/c1-15(2,8-9-16)10-14-17-13(11-18-14)12-6-4-3-5-7-12/h3-7,11H,8-10,16H2,1-2H3. The van der Waals surface area contributed by atoms with Crippen LogP contribution in [0.4, 0.5) is 0 Å². The van der Waals surface area contributed by atoms with E-state index in [4.69, 9.17) is 10.7 Å². The monoisotopic (exact) mass is 260 g/mol. The first-order valence-electron chi connectivity index (χ1n) is 6.31. The van der Waals surface area contributed by atoms with Gasteiger partial charge in [-0.3, -0.25) is 0 Å². The Balaban J connectivity index is 2.12. The Labute approximate surface area is 113 Å². The second-order valence-electron chi connectivity index (χ2n) is 5.37. The van der Waals surface area contributed by atoms with Gasteiger partial charge in [0.25, 0.3) is 0 Å². The second kappa shape index (κ2) is 5.63. The predicted molar refractivity (Wildman–Crippen MR) is 78.7 cm³/mol. The highest BCUT2D eigenvalue weighted by atomic mass is 32.1. The minimum absolute atomic E-state index is 0.237. The number of rotatable bonds is 5. The smallest absolute Gasteiger partial charge is 0.0937 e. The van der Waals surface area contributed by atoms with Gasteiger partial charge in [0.1, 0.15) is 0 Å². The largest absolute Gasteiger partial charge is 0.330 e. The van der Waals surface area contributed by atoms with Crippen molar-refractivity contribution in [2.45, 2.75) is 26.7 Å². The number of thiazole rings is 1. The summed E-state index contributed by atoms with van der Waals surface area (Å²) in [4.78, 5) is 4.73. The van der Waals surface area contributed by atoms with Crippen LogP contribution in [0.2, 0.25) is 0 Å². The highest BCUT2D eigenvalue weighted by Crippen LogP contribution is 2.29. The van der Waals surface area contributed by atoms with Crippen LogP contribution >= 0.6 is 11.3 Å². The Bertz CT molecular complexity index is 488. The molecule has 0 aliphatic heterocycles. The van der Waals surface area contributed by atoms with Crippen molar-refractivity contribution < 1.29 is 0 Å². The van der Waals surface area contributed by atoms with E-state index in [0.717, 1.165) is 25.1 Å². The highest BCUT2D eigenvalue weighted by molar-refractivity contribution is 7.09. The molecule has 2 N–H and O–H groups in total. The first kappa shape index (κ1) is 13.2. The van der Waals surface area contributed by atoms with Crippen LogP contribution in [0, 0.1) is 5.41 Å². The van der Waals surface area contributed by atoms with Crippen LogP contribution in [-0.2, 0) is 6.42 Å². The molecule has 0 amide bonds. The molecule has 0 aliphatic rings. The van der Waals surface area contributed by atoms with E-state index in [2.05, 4.69) is 31.4 Å². The molecule has 2 rings (SSSR count). The molecule has 18 heavy (non-hydrogen) atoms. The van der Waals surface area contributed by atoms with Crippen molar-refractivity contribution in [1.82, 2.24) is 4.98 Å². The zero-order valence-electron chi connectivity index (χ0n) is 11.0. The van der Waals surface area contributed by atoms with Gasteiger partial charge in [0.2, 0.25) is 0 Å². The fourth-order valence-electron chi connectivity index (χ4n) is 2.02. The minimum Gasteiger partial charge on any atom is -0.330 e. The van der Waals surface area contributed by atoms with Crippen LogP contribution in [-0.4, -0.2) is 11.5 Å². The van der Waals surface area contributed by atoms with Crippen molar-refractivity contribution in [1.29, 1.82) is 0 Å². The van der Waals surface area contributed by atoms with Crippen molar-refractivity contribution in [3.8, 4) is 11.3 Å². The topological polar surface area (TPSA) is 38.9 Å². The van der Waals surface area contributed by atoms with Crippen molar-refractivity contribution in [3.63, 3.8) is 0 Å². The number of aromatic nitrogens is 1. The Kier molecular flexibility index (Phi) is 4.15. The van der Waals surface area contributed by atoms with Crippen LogP contribution < -0.4 is 5.73 Å². The van der Waals surface area contributed by atoms with Crippen molar-refractivity contribution >= 4 is 11.3 Å². The maximum absolute atomic E-state index is 5.65. The molecule has 3 heteroatoms. The van der Waals surface area contributed by atoms with Crippen LogP contribution in [0.5, 0.6) is 0 Å². The SMILES string of the molecule is CC(C)(CCN)Cc1nc(-c2ccccc2)cs1. The van der Waals surface area contributed by atoms with Gasteiger partial charge < -0.3 is 5.73 Å². The number of benzene rings is 1. The molecule has 1 aromatic heterocycles. The lowest BCUT2D eigenvalue weighted by atomic mass is 9.86. The number of hydrogen-bond donors (Lipinski definition) is 1. The van der Waals surface area contributed by atoms with E-state index in [1.165, 1.54) is 10.6 Å². The molecule has 2 aromatic rings. The van der Waals surface area contributed by atoms with Gasteiger partial charge in [-0.1, -0.05) is 44.2 Å². The molecule has 0 saturated carbocycles. The van der Waals surface area contributed by atoms with Gasteiger partial charge in [0, 0.05) is 17.4 Å². The van der Waals surface area contributed by atoms with Gasteiger partial charge in [0.15, 0.2) is 0 Å². The van der Waals surface area contributed by atoms with Gasteiger partial charge in [-0.25, -0.2) is 4.98 Å². The van der Waals surface area contributed by atoms with Crippen LogP contribution in [0.25, 0.3) is 11.3 Å². The van der Waals surface area contributed by atoms with Crippen molar-refractivity contribution in [2.24, 2.45) is 11.1 Å². The normalized spacial score (nSPS) is 11.7. The van der Waals surface area contributed by atoms with Gasteiger partial charge in [-0.05, 0) is 18.4 Å². The molecular weight excluding hydrogens is 240 g/mol. The molecule has 0 saturated heterocycles. The van der Waals surface area contributed by atoms with Gasteiger partial charge in [-0.2, -0.15) is 0 Å². The summed E-state index contributed by atoms with van der Waals surface area (Å²) in [6.07, 6.45) is 2.04. The summed E-state index contributed by atoms with van der Waals surface area (Å²) in [6, 6.07) is 10.3. The Hall–Kier alpha value is -1.19. The molecule has 96 valence electrons. The van der Waals surface area contributed by atoms with Gasteiger partial charge in [0.05, 0.1) is 10.7 Å². The molecule has 0 atom stereocenters. The van der Waals surface area contributed by atoms with E-state index in [1.807, 2.05) is 18.2 Å². The summed E-state index contributed by atoms with van der Waals surface area (Å²) in [7, 11) is 0. The number of nitrogens with zero attached hydrogens (tertiary/aromatic N) is 1. The van der Waals surface area contributed by atoms with E-state index < -0.39 is 0 Å². The van der Waals surface area contributed by atoms with E-state index in [1.54, 1.807) is 11.3 Å². The minimum atomic E-state index is 0.237. The lowest BCUT2D eigenvalue weighted by Crippen LogP contribution is -2.19. The highest BCUT2D eigenvalue weighted by Gasteiger charge is 2.19. The fourth-order valence-corrected chi connectivity index (χ4v) is 3.08. The molecule has 0 radical (unpaired) electrons. The zero-order valence-corrected chi connectivity index (χ0v) is 11.8. The van der Waals surface area contributed by atoms with Crippen molar-refractivity contribution in [3.05, 3.63) is 40.7 Å². The molecule has 0 unspecified atom stereocenters. The predicted octanol–water partition coefficient (Wildman–Crippen LogP) is 3.73. The second-order valence-corrected chi connectivity index (χ2v) is 6.31. The molecular formula is C15H20N2S. The van der Waals surface area contributed by atoms with Crippen LogP contribution in [0.1, 0.15) is 25.3 Å². The van der Waals surface area contributed by atoms with E-state index in [0.29, 0.717) is 0 Å². The van der Waals surface area contributed by atoms with Crippen LogP contribution in [0.3, 0.4) is 0 Å². The summed E-state index contributed by atoms with van der Waals surface area (Å²) in [5.74, 6) is 0. The maximum Gasteiger partial charge on any atom is 0.0937 e. The third kappa shape index (κ3) is 3.40. The first-order valence-corrected chi connectivity index (χ1v) is 7.18. The Morgan fingerprint density at radius 1 is 1.22 bits per heavy atom. The molecule has 0 aliphatic carbocycles. The maximum atomic E-state index is 5.65. The van der Waals surface area contributed by atoms with Crippen LogP contribution in [0.15, 0.2) is 35.7 Å². The molecule has 0 fully saturated rings. The molecule has 0 bridgehead atoms. The average molecular weight is 260 g/mol. The Morgan fingerprint density at radius 3 is 2.61 bits per heavy atom. The zero-order chi connectivity index (χ0) is 13.0. The molecule has 1 heterocycles. The summed E-state index contributed by atoms with van der Waals surface area (Å²) >= 11 is 1.75. The quantitative estimate of drug-likeness (QED) is 0.889. The summed E-state index contributed by atoms with van der Waals surface area (Å²) in [6.45, 7) is 5.25. The van der Waals surface area contributed by atoms with Crippen molar-refractivity contribution in [2.75, 3.05) is 6.54 Å². The molecule has 2 nitrogen and oxygen atoms in total. The van der Waals surface area contributed by atoms with Gasteiger partial charge >= 0.3 is 0 Å².